The van der Waals surface area contributed by atoms with Crippen LogP contribution in [-0.2, 0) is 19.0 Å². The molecule has 0 N–H and O–H groups in total. The van der Waals surface area contributed by atoms with E-state index in [1.165, 1.54) is 51.4 Å². The number of carbonyl (C=O) groups excluding carboxylic acids is 2. The van der Waals surface area contributed by atoms with E-state index in [9.17, 15) is 9.59 Å². The second-order valence-corrected chi connectivity index (χ2v) is 6.74. The van der Waals surface area contributed by atoms with E-state index in [-0.39, 0.29) is 5.97 Å². The molecule has 0 amide bonds. The SMILES string of the molecule is CCCCCCCCCCCCOC(=O)CCCCCOC(=O)OCC. The normalized spacial score (nSPS) is 10.5. The van der Waals surface area contributed by atoms with E-state index in [2.05, 4.69) is 11.7 Å². The Morgan fingerprint density at radius 2 is 1.08 bits per heavy atom. The number of hydrogen-bond donors (Lipinski definition) is 0. The van der Waals surface area contributed by atoms with Crippen LogP contribution in [0.5, 0.6) is 0 Å². The van der Waals surface area contributed by atoms with Gasteiger partial charge in [0.2, 0.25) is 0 Å². The van der Waals surface area contributed by atoms with Gasteiger partial charge in [0.15, 0.2) is 0 Å². The Hall–Kier alpha value is -1.26. The first-order valence-corrected chi connectivity index (χ1v) is 10.7. The van der Waals surface area contributed by atoms with Gasteiger partial charge in [-0.1, -0.05) is 64.7 Å². The molecule has 26 heavy (non-hydrogen) atoms. The lowest BCUT2D eigenvalue weighted by atomic mass is 10.1. The molecule has 0 saturated carbocycles. The van der Waals surface area contributed by atoms with Crippen molar-refractivity contribution < 1.29 is 23.8 Å². The summed E-state index contributed by atoms with van der Waals surface area (Å²) in [5.74, 6) is -0.118. The van der Waals surface area contributed by atoms with Crippen LogP contribution in [0.3, 0.4) is 0 Å². The summed E-state index contributed by atoms with van der Waals surface area (Å²) in [6.07, 6.45) is 15.0. The number of esters is 1. The van der Waals surface area contributed by atoms with Crippen LogP contribution in [0.15, 0.2) is 0 Å². The van der Waals surface area contributed by atoms with Crippen LogP contribution in [0, 0.1) is 0 Å². The summed E-state index contributed by atoms with van der Waals surface area (Å²) in [7, 11) is 0. The summed E-state index contributed by atoms with van der Waals surface area (Å²) in [4.78, 5) is 22.6. The lowest BCUT2D eigenvalue weighted by Crippen LogP contribution is -2.08. The Balaban J connectivity index is 3.21. The van der Waals surface area contributed by atoms with E-state index in [4.69, 9.17) is 9.47 Å². The zero-order chi connectivity index (χ0) is 19.3. The van der Waals surface area contributed by atoms with Gasteiger partial charge in [-0.2, -0.15) is 0 Å². The lowest BCUT2D eigenvalue weighted by Gasteiger charge is -2.06. The molecule has 0 saturated heterocycles. The first-order chi connectivity index (χ1) is 12.7. The molecule has 0 aromatic heterocycles. The van der Waals surface area contributed by atoms with Crippen molar-refractivity contribution in [2.75, 3.05) is 19.8 Å². The molecule has 0 aromatic carbocycles. The molecule has 0 bridgehead atoms. The molecule has 0 aromatic rings. The van der Waals surface area contributed by atoms with Gasteiger partial charge in [0.1, 0.15) is 0 Å². The van der Waals surface area contributed by atoms with Crippen molar-refractivity contribution >= 4 is 12.1 Å². The third-order valence-corrected chi connectivity index (χ3v) is 4.27. The van der Waals surface area contributed by atoms with E-state index in [0.29, 0.717) is 26.2 Å². The Morgan fingerprint density at radius 1 is 0.577 bits per heavy atom. The molecule has 5 nitrogen and oxygen atoms in total. The first kappa shape index (κ1) is 24.7. The van der Waals surface area contributed by atoms with Crippen molar-refractivity contribution in [3.63, 3.8) is 0 Å². The summed E-state index contributed by atoms with van der Waals surface area (Å²) in [5.41, 5.74) is 0. The smallest absolute Gasteiger partial charge is 0.466 e. The van der Waals surface area contributed by atoms with Gasteiger partial charge in [-0.15, -0.1) is 0 Å². The van der Waals surface area contributed by atoms with Gasteiger partial charge < -0.3 is 14.2 Å². The lowest BCUT2D eigenvalue weighted by molar-refractivity contribution is -0.143. The predicted octanol–water partition coefficient (Wildman–Crippen LogP) is 6.18. The van der Waals surface area contributed by atoms with Crippen LogP contribution >= 0.6 is 0 Å². The van der Waals surface area contributed by atoms with E-state index in [0.717, 1.165) is 32.1 Å². The van der Waals surface area contributed by atoms with E-state index in [1.54, 1.807) is 6.92 Å². The minimum absolute atomic E-state index is 0.118. The van der Waals surface area contributed by atoms with E-state index < -0.39 is 6.16 Å². The molecule has 0 spiro atoms. The molecule has 154 valence electrons. The molecule has 0 aliphatic carbocycles. The number of rotatable bonds is 18. The molecular weight excluding hydrogens is 332 g/mol. The van der Waals surface area contributed by atoms with Crippen LogP contribution < -0.4 is 0 Å². The Morgan fingerprint density at radius 3 is 1.65 bits per heavy atom. The molecule has 0 aliphatic heterocycles. The highest BCUT2D eigenvalue weighted by atomic mass is 16.7. The van der Waals surface area contributed by atoms with Gasteiger partial charge in [0.25, 0.3) is 0 Å². The molecule has 0 unspecified atom stereocenters. The third kappa shape index (κ3) is 19.1. The number of carbonyl (C=O) groups is 2. The van der Waals surface area contributed by atoms with Crippen LogP contribution in [0.4, 0.5) is 4.79 Å². The fraction of sp³-hybridized carbons (Fsp3) is 0.905. The average Bonchev–Trinajstić information content (AvgIpc) is 2.62. The van der Waals surface area contributed by atoms with Crippen molar-refractivity contribution in [3.8, 4) is 0 Å². The zero-order valence-corrected chi connectivity index (χ0v) is 17.1. The summed E-state index contributed by atoms with van der Waals surface area (Å²) < 4.78 is 14.8. The van der Waals surface area contributed by atoms with Crippen molar-refractivity contribution in [2.45, 2.75) is 104 Å². The van der Waals surface area contributed by atoms with Crippen LogP contribution in [-0.4, -0.2) is 31.9 Å². The summed E-state index contributed by atoms with van der Waals surface area (Å²) >= 11 is 0. The number of hydrogen-bond acceptors (Lipinski definition) is 5. The highest BCUT2D eigenvalue weighted by Gasteiger charge is 2.04. The van der Waals surface area contributed by atoms with E-state index >= 15 is 0 Å². The molecular formula is C21H40O5. The maximum absolute atomic E-state index is 11.6. The van der Waals surface area contributed by atoms with Gasteiger partial charge in [-0.3, -0.25) is 4.79 Å². The first-order valence-electron chi connectivity index (χ1n) is 10.7. The highest BCUT2D eigenvalue weighted by molar-refractivity contribution is 5.69. The Labute approximate surface area is 160 Å². The van der Waals surface area contributed by atoms with Gasteiger partial charge in [-0.05, 0) is 32.6 Å². The largest absolute Gasteiger partial charge is 0.508 e. The highest BCUT2D eigenvalue weighted by Crippen LogP contribution is 2.10. The monoisotopic (exact) mass is 372 g/mol. The molecule has 0 fully saturated rings. The fourth-order valence-corrected chi connectivity index (χ4v) is 2.71. The molecule has 0 aliphatic rings. The fourth-order valence-electron chi connectivity index (χ4n) is 2.71. The predicted molar refractivity (Wildman–Crippen MR) is 104 cm³/mol. The van der Waals surface area contributed by atoms with Crippen molar-refractivity contribution in [2.24, 2.45) is 0 Å². The van der Waals surface area contributed by atoms with Gasteiger partial charge in [0.05, 0.1) is 19.8 Å². The second-order valence-electron chi connectivity index (χ2n) is 6.74. The van der Waals surface area contributed by atoms with Gasteiger partial charge in [0, 0.05) is 6.42 Å². The van der Waals surface area contributed by atoms with Crippen molar-refractivity contribution in [1.29, 1.82) is 0 Å². The Bertz CT molecular complexity index is 330. The van der Waals surface area contributed by atoms with Crippen molar-refractivity contribution in [3.05, 3.63) is 0 Å². The summed E-state index contributed by atoms with van der Waals surface area (Å²) in [6, 6.07) is 0. The zero-order valence-electron chi connectivity index (χ0n) is 17.1. The van der Waals surface area contributed by atoms with Gasteiger partial charge in [-0.25, -0.2) is 4.79 Å². The van der Waals surface area contributed by atoms with Gasteiger partial charge >= 0.3 is 12.1 Å². The molecule has 0 rings (SSSR count). The summed E-state index contributed by atoms with van der Waals surface area (Å²) in [5, 5.41) is 0. The molecule has 0 atom stereocenters. The quantitative estimate of drug-likeness (QED) is 0.212. The Kier molecular flexibility index (Phi) is 19.1. The minimum Gasteiger partial charge on any atom is -0.466 e. The maximum Gasteiger partial charge on any atom is 0.508 e. The molecule has 0 radical (unpaired) electrons. The topological polar surface area (TPSA) is 61.8 Å². The van der Waals surface area contributed by atoms with Crippen LogP contribution in [0.1, 0.15) is 104 Å². The number of ether oxygens (including phenoxy) is 3. The molecule has 5 heteroatoms. The molecule has 0 heterocycles. The number of unbranched alkanes of at least 4 members (excludes halogenated alkanes) is 11. The van der Waals surface area contributed by atoms with Crippen molar-refractivity contribution in [1.82, 2.24) is 0 Å². The van der Waals surface area contributed by atoms with Crippen LogP contribution in [0.25, 0.3) is 0 Å². The van der Waals surface area contributed by atoms with Crippen LogP contribution in [0.2, 0.25) is 0 Å². The second kappa shape index (κ2) is 20.1. The average molecular weight is 373 g/mol. The standard InChI is InChI=1S/C21H40O5/c1-3-5-6-7-8-9-10-11-12-15-18-25-20(22)17-14-13-16-19-26-21(23)24-4-2/h3-19H2,1-2H3. The summed E-state index contributed by atoms with van der Waals surface area (Å²) in [6.45, 7) is 5.19. The minimum atomic E-state index is -0.622. The third-order valence-electron chi connectivity index (χ3n) is 4.27. The maximum atomic E-state index is 11.6. The van der Waals surface area contributed by atoms with E-state index in [1.807, 2.05) is 0 Å².